The quantitative estimate of drug-likeness (QED) is 0.106. The minimum atomic E-state index is -0.0239. The van der Waals surface area contributed by atoms with Crippen LogP contribution in [0.2, 0.25) is 0 Å². The molecule has 33 heavy (non-hydrogen) atoms. The Morgan fingerprint density at radius 2 is 0.879 bits per heavy atom. The maximum atomic E-state index is 11.3. The van der Waals surface area contributed by atoms with Crippen LogP contribution in [0.3, 0.4) is 0 Å². The van der Waals surface area contributed by atoms with Gasteiger partial charge in [-0.3, -0.25) is 9.59 Å². The molecule has 5 heteroatoms. The largest absolute Gasteiger partial charge is 0.466 e. The van der Waals surface area contributed by atoms with Gasteiger partial charge >= 0.3 is 11.9 Å². The molecule has 0 aromatic rings. The summed E-state index contributed by atoms with van der Waals surface area (Å²) in [5.41, 5.74) is 0.837. The zero-order chi connectivity index (χ0) is 24.9. The maximum absolute atomic E-state index is 11.3. The Morgan fingerprint density at radius 3 is 1.15 bits per heavy atom. The molecule has 196 valence electrons. The van der Waals surface area contributed by atoms with Gasteiger partial charge < -0.3 is 9.47 Å². The van der Waals surface area contributed by atoms with Gasteiger partial charge in [0.2, 0.25) is 0 Å². The van der Waals surface area contributed by atoms with Crippen LogP contribution in [0, 0.1) is 10.8 Å². The van der Waals surface area contributed by atoms with Crippen molar-refractivity contribution < 1.29 is 19.1 Å². The summed E-state index contributed by atoms with van der Waals surface area (Å²) in [5.74, 6) is -0.0478. The Kier molecular flexibility index (Phi) is 26.5. The molecule has 4 nitrogen and oxygen atoms in total. The Morgan fingerprint density at radius 1 is 0.545 bits per heavy atom. The summed E-state index contributed by atoms with van der Waals surface area (Å²) < 4.78 is 10.2. The molecule has 0 rings (SSSR count). The van der Waals surface area contributed by atoms with Gasteiger partial charge in [-0.25, -0.2) is 0 Å². The predicted octanol–water partition coefficient (Wildman–Crippen LogP) is 8.27. The van der Waals surface area contributed by atoms with Crippen LogP contribution in [0.1, 0.15) is 145 Å². The topological polar surface area (TPSA) is 52.6 Å². The summed E-state index contributed by atoms with van der Waals surface area (Å²) in [5, 5.41) is 0. The summed E-state index contributed by atoms with van der Waals surface area (Å²) in [6, 6.07) is 0. The van der Waals surface area contributed by atoms with Gasteiger partial charge in [0.25, 0.3) is 0 Å². The molecule has 0 fully saturated rings. The van der Waals surface area contributed by atoms with Crippen molar-refractivity contribution in [2.75, 3.05) is 13.2 Å². The molecule has 0 aromatic carbocycles. The van der Waals surface area contributed by atoms with Crippen LogP contribution in [-0.2, 0) is 19.1 Å². The minimum absolute atomic E-state index is 0. The van der Waals surface area contributed by atoms with Crippen molar-refractivity contribution in [2.24, 2.45) is 10.8 Å². The molecule has 0 aliphatic heterocycles. The predicted molar refractivity (Wildman–Crippen MR) is 143 cm³/mol. The van der Waals surface area contributed by atoms with Crippen molar-refractivity contribution in [3.05, 3.63) is 0 Å². The van der Waals surface area contributed by atoms with E-state index in [0.29, 0.717) is 36.9 Å². The fourth-order valence-electron chi connectivity index (χ4n) is 3.01. The van der Waals surface area contributed by atoms with E-state index in [-0.39, 0.29) is 35.8 Å². The van der Waals surface area contributed by atoms with Crippen LogP contribution < -0.4 is 0 Å². The second-order valence-corrected chi connectivity index (χ2v) is 11.4. The molecular formula is C28H56O4Sn. The SMILES string of the molecule is CCCCOC(=O)CCCCCC(C)(C)C.CCCCOC(=O)CCCCCC(C)(C)C.[Sn]. The molecule has 0 atom stereocenters. The molecule has 0 spiro atoms. The van der Waals surface area contributed by atoms with E-state index in [1.807, 2.05) is 0 Å². The Labute approximate surface area is 223 Å². The third-order valence-corrected chi connectivity index (χ3v) is 5.14. The first-order chi connectivity index (χ1) is 14.9. The van der Waals surface area contributed by atoms with E-state index in [1.54, 1.807) is 0 Å². The van der Waals surface area contributed by atoms with Crippen molar-refractivity contribution in [1.29, 1.82) is 0 Å². The molecule has 0 aliphatic rings. The second kappa shape index (κ2) is 23.5. The zero-order valence-corrected chi connectivity index (χ0v) is 26.3. The van der Waals surface area contributed by atoms with Gasteiger partial charge in [-0.05, 0) is 49.4 Å². The number of ether oxygens (including phenoxy) is 2. The minimum Gasteiger partial charge on any atom is -0.466 e. The van der Waals surface area contributed by atoms with Crippen LogP contribution >= 0.6 is 0 Å². The van der Waals surface area contributed by atoms with Crippen LogP contribution in [0.5, 0.6) is 0 Å². The molecule has 0 aromatic heterocycles. The summed E-state index contributed by atoms with van der Waals surface area (Å²) in [4.78, 5) is 22.5. The summed E-state index contributed by atoms with van der Waals surface area (Å²) >= 11 is 0. The molecule has 0 bridgehead atoms. The monoisotopic (exact) mass is 576 g/mol. The van der Waals surface area contributed by atoms with Crippen LogP contribution in [0.15, 0.2) is 0 Å². The third kappa shape index (κ3) is 36.5. The number of carbonyl (C=O) groups is 2. The van der Waals surface area contributed by atoms with Gasteiger partial charge in [-0.1, -0.05) is 93.9 Å². The van der Waals surface area contributed by atoms with Gasteiger partial charge in [0.15, 0.2) is 0 Å². The van der Waals surface area contributed by atoms with E-state index >= 15 is 0 Å². The average molecular weight is 575 g/mol. The van der Waals surface area contributed by atoms with Crippen LogP contribution in [0.4, 0.5) is 0 Å². The maximum Gasteiger partial charge on any atom is 0.305 e. The van der Waals surface area contributed by atoms with Crippen molar-refractivity contribution in [3.63, 3.8) is 0 Å². The summed E-state index contributed by atoms with van der Waals surface area (Å²) in [6.07, 6.45) is 14.4. The normalized spacial score (nSPS) is 11.2. The number of rotatable bonds is 16. The number of carbonyl (C=O) groups excluding carboxylic acids is 2. The fraction of sp³-hybridized carbons (Fsp3) is 0.929. The Balaban J connectivity index is -0.000000529. The number of hydrogen-bond acceptors (Lipinski definition) is 4. The van der Waals surface area contributed by atoms with Gasteiger partial charge in [-0.2, -0.15) is 0 Å². The number of hydrogen-bond donors (Lipinski definition) is 0. The van der Waals surface area contributed by atoms with E-state index in [0.717, 1.165) is 51.4 Å². The van der Waals surface area contributed by atoms with Crippen molar-refractivity contribution in [3.8, 4) is 0 Å². The average Bonchev–Trinajstić information content (AvgIpc) is 2.66. The summed E-state index contributed by atoms with van der Waals surface area (Å²) in [6.45, 7) is 18.9. The van der Waals surface area contributed by atoms with Gasteiger partial charge in [0, 0.05) is 36.7 Å². The smallest absolute Gasteiger partial charge is 0.305 e. The van der Waals surface area contributed by atoms with Gasteiger partial charge in [0.05, 0.1) is 13.2 Å². The molecule has 0 heterocycles. The second-order valence-electron chi connectivity index (χ2n) is 11.4. The fourth-order valence-corrected chi connectivity index (χ4v) is 3.01. The van der Waals surface area contributed by atoms with E-state index < -0.39 is 0 Å². The zero-order valence-electron chi connectivity index (χ0n) is 23.4. The molecule has 0 aliphatic carbocycles. The van der Waals surface area contributed by atoms with Crippen molar-refractivity contribution in [1.82, 2.24) is 0 Å². The first kappa shape index (κ1) is 37.3. The van der Waals surface area contributed by atoms with E-state index in [2.05, 4.69) is 55.4 Å². The number of esters is 2. The molecule has 0 N–H and O–H groups in total. The third-order valence-electron chi connectivity index (χ3n) is 5.14. The molecular weight excluding hydrogens is 519 g/mol. The van der Waals surface area contributed by atoms with E-state index in [1.165, 1.54) is 25.7 Å². The number of unbranched alkanes of at least 4 members (excludes halogenated alkanes) is 6. The van der Waals surface area contributed by atoms with Crippen LogP contribution in [0.25, 0.3) is 0 Å². The van der Waals surface area contributed by atoms with Crippen molar-refractivity contribution in [2.45, 2.75) is 145 Å². The van der Waals surface area contributed by atoms with Gasteiger partial charge in [-0.15, -0.1) is 0 Å². The van der Waals surface area contributed by atoms with Crippen LogP contribution in [-0.4, -0.2) is 49.1 Å². The standard InChI is InChI=1S/2C14H28O2.Sn/c2*1-5-6-12-16-13(15)10-8-7-9-11-14(2,3)4;/h2*5-12H2,1-4H3;. The van der Waals surface area contributed by atoms with E-state index in [9.17, 15) is 9.59 Å². The Bertz CT molecular complexity index is 408. The van der Waals surface area contributed by atoms with E-state index in [4.69, 9.17) is 9.47 Å². The molecule has 0 saturated carbocycles. The first-order valence-electron chi connectivity index (χ1n) is 13.2. The first-order valence-corrected chi connectivity index (χ1v) is 13.2. The Hall–Kier alpha value is -0.261. The molecule has 0 amide bonds. The van der Waals surface area contributed by atoms with Gasteiger partial charge in [0.1, 0.15) is 0 Å². The molecule has 0 unspecified atom stereocenters. The molecule has 4 radical (unpaired) electrons. The van der Waals surface area contributed by atoms with Crippen molar-refractivity contribution >= 4 is 35.8 Å². The summed E-state index contributed by atoms with van der Waals surface area (Å²) in [7, 11) is 0. The molecule has 0 saturated heterocycles.